The normalized spacial score (nSPS) is 15.9. The monoisotopic (exact) mass is 430 g/mol. The first kappa shape index (κ1) is 21.3. The Labute approximate surface area is 177 Å². The van der Waals surface area contributed by atoms with E-state index in [4.69, 9.17) is 21.8 Å². The molecule has 0 unspecified atom stereocenters. The molecule has 1 heterocycles. The second-order valence-electron chi connectivity index (χ2n) is 6.77. The molecule has 0 radical (unpaired) electrons. The Morgan fingerprint density at radius 1 is 1.03 bits per heavy atom. The van der Waals surface area contributed by atoms with Gasteiger partial charge in [-0.1, -0.05) is 11.6 Å². The number of carbonyl (C=O) groups is 3. The topological polar surface area (TPSA) is 128 Å². The molecule has 0 saturated carbocycles. The molecule has 30 heavy (non-hydrogen) atoms. The van der Waals surface area contributed by atoms with Crippen LogP contribution in [0.4, 0.5) is 5.69 Å². The van der Waals surface area contributed by atoms with Crippen LogP contribution in [0.2, 0.25) is 5.02 Å². The Kier molecular flexibility index (Phi) is 6.37. The highest BCUT2D eigenvalue weighted by Crippen LogP contribution is 2.32. The molecule has 1 aliphatic rings. The molecular weight excluding hydrogens is 412 g/mol. The number of benzene rings is 2. The molecule has 0 spiro atoms. The van der Waals surface area contributed by atoms with Crippen molar-refractivity contribution in [3.8, 4) is 5.75 Å². The number of hydrogen-bond donors (Lipinski definition) is 3. The number of anilines is 1. The number of phenols is 1. The van der Waals surface area contributed by atoms with Crippen molar-refractivity contribution in [1.29, 1.82) is 0 Å². The maximum Gasteiger partial charge on any atom is 0.305 e. The highest BCUT2D eigenvalue weighted by molar-refractivity contribution is 6.32. The number of carbonyl (C=O) groups excluding carboxylic acids is 1. The minimum atomic E-state index is -1.07. The number of phenolic OH excluding ortho intramolecular Hbond substituents is 1. The fourth-order valence-electron chi connectivity index (χ4n) is 3.25. The third kappa shape index (κ3) is 4.77. The Bertz CT molecular complexity index is 1020. The van der Waals surface area contributed by atoms with Gasteiger partial charge in [0.2, 0.25) is 0 Å². The van der Waals surface area contributed by atoms with E-state index in [1.165, 1.54) is 17.0 Å². The van der Waals surface area contributed by atoms with Crippen LogP contribution >= 0.6 is 11.6 Å². The summed E-state index contributed by atoms with van der Waals surface area (Å²) in [6.45, 7) is -0.0925. The number of carboxylic acids is 2. The number of nitrogens with zero attached hydrogens (tertiary/aromatic N) is 2. The number of halogens is 1. The van der Waals surface area contributed by atoms with Gasteiger partial charge in [-0.25, -0.2) is 0 Å². The Hall–Kier alpha value is -3.39. The summed E-state index contributed by atoms with van der Waals surface area (Å²) in [6, 6.07) is 10.0. The van der Waals surface area contributed by atoms with Gasteiger partial charge in [0.15, 0.2) is 0 Å². The van der Waals surface area contributed by atoms with Gasteiger partial charge in [0.1, 0.15) is 11.8 Å². The van der Waals surface area contributed by atoms with E-state index in [1.807, 2.05) is 0 Å². The van der Waals surface area contributed by atoms with Gasteiger partial charge in [-0.15, -0.1) is 0 Å². The first-order valence-corrected chi connectivity index (χ1v) is 9.56. The first-order chi connectivity index (χ1) is 14.3. The molecule has 0 fully saturated rings. The zero-order valence-electron chi connectivity index (χ0n) is 15.8. The number of aromatic hydroxyl groups is 1. The third-order valence-corrected chi connectivity index (χ3v) is 4.90. The molecule has 156 valence electrons. The molecule has 1 aliphatic heterocycles. The predicted octanol–water partition coefficient (Wildman–Crippen LogP) is 2.94. The number of hydrogen-bond acceptors (Lipinski definition) is 5. The Balaban J connectivity index is 2.17. The summed E-state index contributed by atoms with van der Waals surface area (Å²) < 4.78 is 0. The van der Waals surface area contributed by atoms with Crippen LogP contribution < -0.4 is 4.90 Å². The lowest BCUT2D eigenvalue weighted by Crippen LogP contribution is -2.39. The SMILES string of the molecule is O=C(O)CC[C@@H]1N=C(c2ccc(O)cc2)c2cc(Cl)ccc2N(CCC(=O)O)C1=O. The molecule has 9 heteroatoms. The van der Waals surface area contributed by atoms with Crippen molar-refractivity contribution in [3.63, 3.8) is 0 Å². The summed E-state index contributed by atoms with van der Waals surface area (Å²) in [4.78, 5) is 41.3. The van der Waals surface area contributed by atoms with E-state index in [-0.39, 0.29) is 31.6 Å². The van der Waals surface area contributed by atoms with Crippen molar-refractivity contribution in [2.24, 2.45) is 4.99 Å². The van der Waals surface area contributed by atoms with Crippen LogP contribution in [-0.4, -0.2) is 51.5 Å². The average molecular weight is 431 g/mol. The largest absolute Gasteiger partial charge is 0.508 e. The minimum Gasteiger partial charge on any atom is -0.508 e. The fraction of sp³-hybridized carbons (Fsp3) is 0.238. The number of rotatable bonds is 7. The molecule has 8 nitrogen and oxygen atoms in total. The molecule has 0 saturated heterocycles. The van der Waals surface area contributed by atoms with Crippen LogP contribution in [-0.2, 0) is 14.4 Å². The Morgan fingerprint density at radius 3 is 2.33 bits per heavy atom. The lowest BCUT2D eigenvalue weighted by molar-refractivity contribution is -0.137. The maximum absolute atomic E-state index is 13.2. The van der Waals surface area contributed by atoms with E-state index in [0.29, 0.717) is 27.5 Å². The van der Waals surface area contributed by atoms with Crippen LogP contribution in [0.25, 0.3) is 0 Å². The van der Waals surface area contributed by atoms with E-state index >= 15 is 0 Å². The summed E-state index contributed by atoms with van der Waals surface area (Å²) in [5, 5.41) is 28.2. The zero-order chi connectivity index (χ0) is 21.8. The molecule has 1 atom stereocenters. The molecule has 3 N–H and O–H groups in total. The molecule has 2 aromatic carbocycles. The van der Waals surface area contributed by atoms with E-state index in [9.17, 15) is 19.5 Å². The molecule has 0 bridgehead atoms. The highest BCUT2D eigenvalue weighted by Gasteiger charge is 2.32. The number of carboxylic acid groups (broad SMARTS) is 2. The van der Waals surface area contributed by atoms with Crippen molar-refractivity contribution >= 4 is 40.8 Å². The predicted molar refractivity (Wildman–Crippen MR) is 110 cm³/mol. The van der Waals surface area contributed by atoms with Crippen molar-refractivity contribution in [1.82, 2.24) is 0 Å². The maximum atomic E-state index is 13.2. The van der Waals surface area contributed by atoms with Gasteiger partial charge < -0.3 is 20.2 Å². The number of aliphatic carboxylic acids is 2. The molecule has 0 aromatic heterocycles. The van der Waals surface area contributed by atoms with Crippen LogP contribution in [0.15, 0.2) is 47.5 Å². The smallest absolute Gasteiger partial charge is 0.305 e. The van der Waals surface area contributed by atoms with Crippen LogP contribution in [0.1, 0.15) is 30.4 Å². The molecule has 3 rings (SSSR count). The van der Waals surface area contributed by atoms with E-state index in [0.717, 1.165) is 0 Å². The van der Waals surface area contributed by atoms with Crippen molar-refractivity contribution in [2.45, 2.75) is 25.3 Å². The van der Waals surface area contributed by atoms with E-state index in [1.54, 1.807) is 30.3 Å². The second kappa shape index (κ2) is 8.96. The van der Waals surface area contributed by atoms with E-state index in [2.05, 4.69) is 4.99 Å². The first-order valence-electron chi connectivity index (χ1n) is 9.18. The fourth-order valence-corrected chi connectivity index (χ4v) is 3.42. The zero-order valence-corrected chi connectivity index (χ0v) is 16.5. The summed E-state index contributed by atoms with van der Waals surface area (Å²) in [5.74, 6) is -2.55. The molecule has 2 aromatic rings. The van der Waals surface area contributed by atoms with Gasteiger partial charge in [-0.2, -0.15) is 0 Å². The van der Waals surface area contributed by atoms with Gasteiger partial charge in [-0.3, -0.25) is 19.4 Å². The van der Waals surface area contributed by atoms with Crippen molar-refractivity contribution in [3.05, 3.63) is 58.6 Å². The van der Waals surface area contributed by atoms with Crippen LogP contribution in [0.3, 0.4) is 0 Å². The third-order valence-electron chi connectivity index (χ3n) is 4.66. The number of benzodiazepines with no additional fused rings is 1. The van der Waals surface area contributed by atoms with Gasteiger partial charge in [0.25, 0.3) is 5.91 Å². The molecule has 1 amide bonds. The second-order valence-corrected chi connectivity index (χ2v) is 7.20. The Morgan fingerprint density at radius 2 is 1.70 bits per heavy atom. The van der Waals surface area contributed by atoms with Gasteiger partial charge in [0.05, 0.1) is 17.8 Å². The quantitative estimate of drug-likeness (QED) is 0.619. The molecular formula is C21H19ClN2O6. The van der Waals surface area contributed by atoms with Gasteiger partial charge in [0, 0.05) is 29.1 Å². The lowest BCUT2D eigenvalue weighted by Gasteiger charge is -2.24. The van der Waals surface area contributed by atoms with Crippen LogP contribution in [0, 0.1) is 0 Å². The van der Waals surface area contributed by atoms with Crippen molar-refractivity contribution < 1.29 is 29.7 Å². The molecule has 0 aliphatic carbocycles. The number of fused-ring (bicyclic) bond motifs is 1. The minimum absolute atomic E-state index is 0.0406. The standard InChI is InChI=1S/C21H19ClN2O6/c22-13-3-7-17-15(11-13)20(12-1-4-14(25)5-2-12)23-16(6-8-18(26)27)21(30)24(17)10-9-19(28)29/h1-5,7,11,16,25H,6,8-10H2,(H,26,27)(H,28,29)/t16-/m0/s1. The summed E-state index contributed by atoms with van der Waals surface area (Å²) in [7, 11) is 0. The van der Waals surface area contributed by atoms with Gasteiger partial charge in [-0.05, 0) is 48.9 Å². The highest BCUT2D eigenvalue weighted by atomic mass is 35.5. The lowest BCUT2D eigenvalue weighted by atomic mass is 10.00. The summed E-state index contributed by atoms with van der Waals surface area (Å²) in [5.41, 5.74) is 1.97. The van der Waals surface area contributed by atoms with Crippen molar-refractivity contribution in [2.75, 3.05) is 11.4 Å². The summed E-state index contributed by atoms with van der Waals surface area (Å²) in [6.07, 6.45) is -0.596. The summed E-state index contributed by atoms with van der Waals surface area (Å²) >= 11 is 6.19. The van der Waals surface area contributed by atoms with Crippen LogP contribution in [0.5, 0.6) is 5.75 Å². The van der Waals surface area contributed by atoms with Gasteiger partial charge >= 0.3 is 11.9 Å². The number of aliphatic imine (C=N–C) groups is 1. The van der Waals surface area contributed by atoms with E-state index < -0.39 is 23.9 Å². The number of amides is 1. The average Bonchev–Trinajstić information content (AvgIpc) is 2.80.